The monoisotopic (exact) mass is 407 g/mol. The molecule has 0 aromatic heterocycles. The number of hydrogen-bond donors (Lipinski definition) is 3. The molecule has 1 aromatic rings. The van der Waals surface area contributed by atoms with Gasteiger partial charge in [-0.15, -0.1) is 12.4 Å². The minimum atomic E-state index is -4.03. The lowest BCUT2D eigenvalue weighted by molar-refractivity contribution is -0.384. The molecule has 26 heavy (non-hydrogen) atoms. The first-order valence-electron chi connectivity index (χ1n) is 7.75. The molecule has 10 nitrogen and oxygen atoms in total. The van der Waals surface area contributed by atoms with Crippen LogP contribution in [0.15, 0.2) is 23.1 Å². The zero-order chi connectivity index (χ0) is 18.6. The van der Waals surface area contributed by atoms with E-state index in [1.165, 1.54) is 12.1 Å². The fourth-order valence-corrected chi connectivity index (χ4v) is 3.18. The highest BCUT2D eigenvalue weighted by atomic mass is 35.5. The maximum Gasteiger partial charge on any atom is 0.293 e. The van der Waals surface area contributed by atoms with E-state index in [2.05, 4.69) is 10.6 Å². The molecule has 12 heteroatoms. The summed E-state index contributed by atoms with van der Waals surface area (Å²) in [5.74, 6) is -0.0368. The van der Waals surface area contributed by atoms with Crippen LogP contribution in [0.3, 0.4) is 0 Å². The number of carbonyl (C=O) groups excluding carboxylic acids is 1. The van der Waals surface area contributed by atoms with Crippen molar-refractivity contribution < 1.29 is 18.1 Å². The number of nitrogens with two attached hydrogens (primary N) is 1. The van der Waals surface area contributed by atoms with Crippen LogP contribution in [-0.4, -0.2) is 56.4 Å². The lowest BCUT2D eigenvalue weighted by atomic mass is 10.2. The molecule has 146 valence electrons. The molecule has 1 amide bonds. The number of nitro groups is 1. The predicted molar refractivity (Wildman–Crippen MR) is 98.9 cm³/mol. The van der Waals surface area contributed by atoms with Crippen LogP contribution in [-0.2, 0) is 14.8 Å². The first-order chi connectivity index (χ1) is 11.7. The van der Waals surface area contributed by atoms with Crippen LogP contribution < -0.4 is 15.8 Å². The van der Waals surface area contributed by atoms with E-state index in [-0.39, 0.29) is 47.9 Å². The van der Waals surface area contributed by atoms with Gasteiger partial charge in [-0.25, -0.2) is 13.6 Å². The molecule has 1 saturated heterocycles. The van der Waals surface area contributed by atoms with Crippen molar-refractivity contribution >= 4 is 39.7 Å². The number of halogens is 1. The third-order valence-electron chi connectivity index (χ3n) is 3.97. The number of piperazine rings is 1. The normalized spacial score (nSPS) is 17.3. The Labute approximate surface area is 157 Å². The first-order valence-corrected chi connectivity index (χ1v) is 9.30. The smallest absolute Gasteiger partial charge is 0.293 e. The van der Waals surface area contributed by atoms with Gasteiger partial charge in [-0.05, 0) is 19.1 Å². The number of nitrogens with zero attached hydrogens (tertiary/aromatic N) is 2. The quantitative estimate of drug-likeness (QED) is 0.453. The van der Waals surface area contributed by atoms with Gasteiger partial charge in [0.25, 0.3) is 5.69 Å². The Hall–Kier alpha value is -1.95. The average molecular weight is 408 g/mol. The van der Waals surface area contributed by atoms with Crippen molar-refractivity contribution in [3.05, 3.63) is 28.3 Å². The van der Waals surface area contributed by atoms with Gasteiger partial charge < -0.3 is 15.5 Å². The number of nitrogens with one attached hydrogen (secondary N) is 2. The van der Waals surface area contributed by atoms with Gasteiger partial charge in [0.1, 0.15) is 5.69 Å². The lowest BCUT2D eigenvalue weighted by Gasteiger charge is -2.34. The number of carbonyl (C=O) groups is 1. The summed E-state index contributed by atoms with van der Waals surface area (Å²) < 4.78 is 22.6. The summed E-state index contributed by atoms with van der Waals surface area (Å²) in [6.07, 6.45) is 0.179. The van der Waals surface area contributed by atoms with Crippen LogP contribution in [0.4, 0.5) is 11.4 Å². The van der Waals surface area contributed by atoms with Crippen LogP contribution in [0, 0.1) is 10.1 Å². The molecule has 1 aliphatic heterocycles. The third kappa shape index (κ3) is 5.53. The highest BCUT2D eigenvalue weighted by molar-refractivity contribution is 7.89. The van der Waals surface area contributed by atoms with E-state index in [0.29, 0.717) is 6.54 Å². The van der Waals surface area contributed by atoms with E-state index in [1.807, 2.05) is 6.92 Å². The van der Waals surface area contributed by atoms with E-state index in [0.717, 1.165) is 19.2 Å². The van der Waals surface area contributed by atoms with Crippen molar-refractivity contribution in [3.63, 3.8) is 0 Å². The summed E-state index contributed by atoms with van der Waals surface area (Å²) in [6.45, 7) is 4.26. The molecular weight excluding hydrogens is 386 g/mol. The summed E-state index contributed by atoms with van der Waals surface area (Å²) in [5, 5.41) is 22.1. The highest BCUT2D eigenvalue weighted by Gasteiger charge is 2.23. The van der Waals surface area contributed by atoms with Gasteiger partial charge in [0.15, 0.2) is 0 Å². The highest BCUT2D eigenvalue weighted by Crippen LogP contribution is 2.27. The molecule has 1 fully saturated rings. The molecule has 0 bridgehead atoms. The maximum absolute atomic E-state index is 12.2. The second-order valence-electron chi connectivity index (χ2n) is 5.80. The lowest BCUT2D eigenvalue weighted by Crippen LogP contribution is -2.52. The summed E-state index contributed by atoms with van der Waals surface area (Å²) >= 11 is 0. The van der Waals surface area contributed by atoms with Crippen molar-refractivity contribution in [3.8, 4) is 0 Å². The van der Waals surface area contributed by atoms with Crippen LogP contribution in [0.5, 0.6) is 0 Å². The average Bonchev–Trinajstić information content (AvgIpc) is 2.54. The molecule has 1 atom stereocenters. The fraction of sp³-hybridized carbons (Fsp3) is 0.500. The van der Waals surface area contributed by atoms with Gasteiger partial charge in [-0.1, -0.05) is 0 Å². The summed E-state index contributed by atoms with van der Waals surface area (Å²) in [7, 11) is -4.03. The largest absolute Gasteiger partial charge is 0.379 e. The van der Waals surface area contributed by atoms with Crippen LogP contribution in [0.25, 0.3) is 0 Å². The molecule has 1 heterocycles. The molecule has 2 rings (SSSR count). The maximum atomic E-state index is 12.2. The molecule has 0 aliphatic carbocycles. The van der Waals surface area contributed by atoms with Gasteiger partial charge >= 0.3 is 0 Å². The van der Waals surface area contributed by atoms with Gasteiger partial charge in [0.05, 0.1) is 9.82 Å². The molecule has 0 saturated carbocycles. The molecule has 0 radical (unpaired) electrons. The molecule has 4 N–H and O–H groups in total. The Balaban J connectivity index is 0.00000338. The summed E-state index contributed by atoms with van der Waals surface area (Å²) in [4.78, 5) is 24.1. The minimum absolute atomic E-state index is 0. The Kier molecular flexibility index (Phi) is 7.75. The molecule has 0 unspecified atom stereocenters. The number of amides is 1. The van der Waals surface area contributed by atoms with E-state index in [9.17, 15) is 23.3 Å². The van der Waals surface area contributed by atoms with Crippen molar-refractivity contribution in [2.45, 2.75) is 24.3 Å². The number of sulfonamides is 1. The Morgan fingerprint density at radius 3 is 2.77 bits per heavy atom. The molecule has 0 spiro atoms. The Morgan fingerprint density at radius 1 is 1.50 bits per heavy atom. The van der Waals surface area contributed by atoms with E-state index in [4.69, 9.17) is 5.14 Å². The number of primary sulfonamides is 1. The van der Waals surface area contributed by atoms with Crippen molar-refractivity contribution in [1.29, 1.82) is 0 Å². The number of nitro benzene ring substituents is 1. The molecular formula is C14H22ClN5O5S. The van der Waals surface area contributed by atoms with Gasteiger partial charge in [0, 0.05) is 44.7 Å². The zero-order valence-electron chi connectivity index (χ0n) is 14.2. The van der Waals surface area contributed by atoms with Crippen LogP contribution in [0.2, 0.25) is 0 Å². The van der Waals surface area contributed by atoms with Crippen LogP contribution >= 0.6 is 12.4 Å². The number of benzene rings is 1. The van der Waals surface area contributed by atoms with E-state index >= 15 is 0 Å². The Bertz CT molecular complexity index is 773. The standard InChI is InChI=1S/C14H21N5O5S.ClH/c1-10-9-16-6-7-18(10)14(20)4-5-17-12-3-2-11(25(15,23)24)8-13(12)19(21)22;/h2-3,8,10,16-17H,4-7,9H2,1H3,(H2,15,23,24);1H/t10-;/m1./s1. The van der Waals surface area contributed by atoms with Gasteiger partial charge in [-0.3, -0.25) is 14.9 Å². The summed E-state index contributed by atoms with van der Waals surface area (Å²) in [5.41, 5.74) is -0.270. The van der Waals surface area contributed by atoms with Crippen molar-refractivity contribution in [2.75, 3.05) is 31.5 Å². The van der Waals surface area contributed by atoms with Crippen molar-refractivity contribution in [2.24, 2.45) is 5.14 Å². The van der Waals surface area contributed by atoms with Gasteiger partial charge in [-0.2, -0.15) is 0 Å². The zero-order valence-corrected chi connectivity index (χ0v) is 15.8. The second-order valence-corrected chi connectivity index (χ2v) is 7.36. The topological polar surface area (TPSA) is 148 Å². The van der Waals surface area contributed by atoms with Crippen LogP contribution in [0.1, 0.15) is 13.3 Å². The second kappa shape index (κ2) is 9.12. The number of hydrogen-bond acceptors (Lipinski definition) is 7. The minimum Gasteiger partial charge on any atom is -0.379 e. The van der Waals surface area contributed by atoms with Crippen molar-refractivity contribution in [1.82, 2.24) is 10.2 Å². The molecule has 1 aromatic carbocycles. The number of rotatable bonds is 6. The number of anilines is 1. The van der Waals surface area contributed by atoms with E-state index < -0.39 is 20.6 Å². The Morgan fingerprint density at radius 2 is 2.19 bits per heavy atom. The van der Waals surface area contributed by atoms with E-state index in [1.54, 1.807) is 4.90 Å². The fourth-order valence-electron chi connectivity index (χ4n) is 2.65. The summed E-state index contributed by atoms with van der Waals surface area (Å²) in [6, 6.07) is 3.46. The molecule has 1 aliphatic rings. The predicted octanol–water partition coefficient (Wildman–Crippen LogP) is 0.286. The first kappa shape index (κ1) is 22.1. The third-order valence-corrected chi connectivity index (χ3v) is 4.88. The van der Waals surface area contributed by atoms with Gasteiger partial charge in [0.2, 0.25) is 15.9 Å². The SMILES string of the molecule is C[C@@H]1CNCCN1C(=O)CCNc1ccc(S(N)(=O)=O)cc1[N+](=O)[O-].Cl.